The summed E-state index contributed by atoms with van der Waals surface area (Å²) in [4.78, 5) is 9.26. The first-order valence-electron chi connectivity index (χ1n) is 9.44. The molecule has 1 aliphatic carbocycles. The Morgan fingerprint density at radius 1 is 1.11 bits per heavy atom. The number of pyridine rings is 1. The van der Waals surface area contributed by atoms with E-state index in [1.807, 2.05) is 22.8 Å². The summed E-state index contributed by atoms with van der Waals surface area (Å²) < 4.78 is 15.4. The van der Waals surface area contributed by atoms with Crippen LogP contribution in [0.4, 0.5) is 16.0 Å². The maximum atomic E-state index is 13.3. The van der Waals surface area contributed by atoms with Gasteiger partial charge in [-0.3, -0.25) is 5.10 Å². The Morgan fingerprint density at radius 2 is 1.89 bits per heavy atom. The molecule has 6 nitrogen and oxygen atoms in total. The summed E-state index contributed by atoms with van der Waals surface area (Å²) in [5.74, 6) is 1.84. The van der Waals surface area contributed by atoms with Crippen LogP contribution in [0, 0.1) is 5.82 Å². The molecule has 0 radical (unpaired) electrons. The van der Waals surface area contributed by atoms with Crippen LogP contribution in [0.2, 0.25) is 0 Å². The number of anilines is 2. The summed E-state index contributed by atoms with van der Waals surface area (Å²) in [6, 6.07) is 12.4. The second kappa shape index (κ2) is 6.15. The van der Waals surface area contributed by atoms with Crippen LogP contribution in [-0.2, 0) is 5.54 Å². The number of aromatic nitrogens is 5. The predicted octanol–water partition coefficient (Wildman–Crippen LogP) is 4.70. The maximum Gasteiger partial charge on any atom is 0.162 e. The molecule has 0 unspecified atom stereocenters. The summed E-state index contributed by atoms with van der Waals surface area (Å²) in [5.41, 5.74) is 3.29. The van der Waals surface area contributed by atoms with E-state index < -0.39 is 5.54 Å². The number of fused-ring (bicyclic) bond motifs is 1. The molecule has 0 aliphatic heterocycles. The van der Waals surface area contributed by atoms with Crippen molar-refractivity contribution >= 4 is 22.8 Å². The van der Waals surface area contributed by atoms with Crippen LogP contribution in [0.5, 0.6) is 0 Å². The van der Waals surface area contributed by atoms with Gasteiger partial charge in [-0.1, -0.05) is 12.1 Å². The fourth-order valence-corrected chi connectivity index (χ4v) is 3.50. The van der Waals surface area contributed by atoms with Crippen molar-refractivity contribution in [2.24, 2.45) is 0 Å². The van der Waals surface area contributed by atoms with Crippen molar-refractivity contribution in [3.05, 3.63) is 65.9 Å². The third-order valence-electron chi connectivity index (χ3n) is 5.42. The highest BCUT2D eigenvalue weighted by Crippen LogP contribution is 2.39. The normalized spacial score (nSPS) is 14.5. The molecule has 1 aliphatic rings. The lowest BCUT2D eigenvalue weighted by atomic mass is 9.94. The number of rotatable bonds is 5. The number of H-pyrrole nitrogens is 1. The van der Waals surface area contributed by atoms with Gasteiger partial charge in [-0.25, -0.2) is 14.4 Å². The smallest absolute Gasteiger partial charge is 0.162 e. The SMILES string of the molecule is CC(C)(c1ccc(F)cc1)n1cnc2ccc(Nc3cc(C4CC4)[nH]n3)nc21. The van der Waals surface area contributed by atoms with Crippen molar-refractivity contribution in [2.75, 3.05) is 5.32 Å². The van der Waals surface area contributed by atoms with Gasteiger partial charge in [-0.2, -0.15) is 5.10 Å². The van der Waals surface area contributed by atoms with Gasteiger partial charge in [-0.15, -0.1) is 0 Å². The lowest BCUT2D eigenvalue weighted by molar-refractivity contribution is 0.445. The Hall–Kier alpha value is -3.22. The second-order valence-corrected chi connectivity index (χ2v) is 7.83. The van der Waals surface area contributed by atoms with Crippen molar-refractivity contribution in [3.63, 3.8) is 0 Å². The van der Waals surface area contributed by atoms with Gasteiger partial charge in [0, 0.05) is 17.7 Å². The zero-order valence-corrected chi connectivity index (χ0v) is 15.8. The number of aromatic amines is 1. The van der Waals surface area contributed by atoms with Crippen LogP contribution < -0.4 is 5.32 Å². The number of nitrogens with zero attached hydrogens (tertiary/aromatic N) is 4. The molecule has 0 spiro atoms. The quantitative estimate of drug-likeness (QED) is 0.530. The minimum absolute atomic E-state index is 0.246. The summed E-state index contributed by atoms with van der Waals surface area (Å²) in [6.45, 7) is 4.14. The zero-order valence-electron chi connectivity index (χ0n) is 15.8. The molecular weight excluding hydrogens is 355 g/mol. The Kier molecular flexibility index (Phi) is 3.72. The summed E-state index contributed by atoms with van der Waals surface area (Å²) in [6.07, 6.45) is 4.23. The molecule has 1 aromatic carbocycles. The van der Waals surface area contributed by atoms with Crippen LogP contribution in [0.3, 0.4) is 0 Å². The Balaban J connectivity index is 1.49. The Morgan fingerprint density at radius 3 is 2.64 bits per heavy atom. The average molecular weight is 376 g/mol. The second-order valence-electron chi connectivity index (χ2n) is 7.83. The van der Waals surface area contributed by atoms with Crippen molar-refractivity contribution in [2.45, 2.75) is 38.1 Å². The molecule has 0 bridgehead atoms. The number of benzene rings is 1. The van der Waals surface area contributed by atoms with Crippen LogP contribution >= 0.6 is 0 Å². The number of halogens is 1. The Labute approximate surface area is 161 Å². The number of hydrogen-bond donors (Lipinski definition) is 2. The average Bonchev–Trinajstić information content (AvgIpc) is 3.27. The molecule has 0 atom stereocenters. The van der Waals surface area contributed by atoms with E-state index in [1.165, 1.54) is 30.7 Å². The predicted molar refractivity (Wildman–Crippen MR) is 106 cm³/mol. The number of nitrogens with one attached hydrogen (secondary N) is 2. The topological polar surface area (TPSA) is 71.4 Å². The van der Waals surface area contributed by atoms with Gasteiger partial charge in [0.1, 0.15) is 17.2 Å². The minimum atomic E-state index is -0.431. The van der Waals surface area contributed by atoms with Gasteiger partial charge in [-0.05, 0) is 56.5 Å². The van der Waals surface area contributed by atoms with Gasteiger partial charge >= 0.3 is 0 Å². The molecule has 5 rings (SSSR count). The third kappa shape index (κ3) is 2.93. The maximum absolute atomic E-state index is 13.3. The van der Waals surface area contributed by atoms with E-state index in [1.54, 1.807) is 18.5 Å². The van der Waals surface area contributed by atoms with Gasteiger partial charge in [0.2, 0.25) is 0 Å². The van der Waals surface area contributed by atoms with Crippen molar-refractivity contribution in [1.82, 2.24) is 24.7 Å². The molecule has 2 N–H and O–H groups in total. The first kappa shape index (κ1) is 16.9. The summed E-state index contributed by atoms with van der Waals surface area (Å²) in [7, 11) is 0. The number of imidazole rings is 1. The number of hydrogen-bond acceptors (Lipinski definition) is 4. The van der Waals surface area contributed by atoms with Crippen molar-refractivity contribution < 1.29 is 4.39 Å². The van der Waals surface area contributed by atoms with E-state index in [0.29, 0.717) is 11.7 Å². The lowest BCUT2D eigenvalue weighted by Crippen LogP contribution is -2.27. The van der Waals surface area contributed by atoms with Crippen LogP contribution in [0.25, 0.3) is 11.2 Å². The highest BCUT2D eigenvalue weighted by atomic mass is 19.1. The van der Waals surface area contributed by atoms with Crippen LogP contribution in [0.1, 0.15) is 43.9 Å². The molecule has 1 saturated carbocycles. The molecule has 0 amide bonds. The molecule has 1 fully saturated rings. The highest BCUT2D eigenvalue weighted by molar-refractivity contribution is 5.74. The molecule has 3 aromatic heterocycles. The largest absolute Gasteiger partial charge is 0.323 e. The van der Waals surface area contributed by atoms with E-state index in [0.717, 1.165) is 22.5 Å². The molecule has 3 heterocycles. The molecular formula is C21H21FN6. The zero-order chi connectivity index (χ0) is 19.3. The van der Waals surface area contributed by atoms with Crippen molar-refractivity contribution in [1.29, 1.82) is 0 Å². The first-order chi connectivity index (χ1) is 13.5. The highest BCUT2D eigenvalue weighted by Gasteiger charge is 2.26. The molecule has 142 valence electrons. The molecule has 0 saturated heterocycles. The molecule has 7 heteroatoms. The van der Waals surface area contributed by atoms with Crippen LogP contribution in [0.15, 0.2) is 48.8 Å². The van der Waals surface area contributed by atoms with E-state index in [4.69, 9.17) is 4.98 Å². The molecule has 28 heavy (non-hydrogen) atoms. The van der Waals surface area contributed by atoms with Gasteiger partial charge in [0.25, 0.3) is 0 Å². The fourth-order valence-electron chi connectivity index (χ4n) is 3.50. The van der Waals surface area contributed by atoms with Crippen molar-refractivity contribution in [3.8, 4) is 0 Å². The summed E-state index contributed by atoms with van der Waals surface area (Å²) >= 11 is 0. The van der Waals surface area contributed by atoms with Crippen LogP contribution in [-0.4, -0.2) is 24.7 Å². The lowest BCUT2D eigenvalue weighted by Gasteiger charge is -2.27. The standard InChI is InChI=1S/C21H21FN6/c1-21(2,14-5-7-15(22)8-6-14)28-12-23-16-9-10-18(25-20(16)28)24-19-11-17(26-27-19)13-3-4-13/h5-13H,3-4H2,1-2H3,(H2,24,25,26,27). The minimum Gasteiger partial charge on any atom is -0.323 e. The third-order valence-corrected chi connectivity index (χ3v) is 5.42. The van der Waals surface area contributed by atoms with Gasteiger partial charge < -0.3 is 9.88 Å². The van der Waals surface area contributed by atoms with E-state index in [9.17, 15) is 4.39 Å². The molecule has 4 aromatic rings. The Bertz CT molecular complexity index is 1140. The first-order valence-corrected chi connectivity index (χ1v) is 9.44. The van der Waals surface area contributed by atoms with E-state index >= 15 is 0 Å². The monoisotopic (exact) mass is 376 g/mol. The van der Waals surface area contributed by atoms with E-state index in [2.05, 4.69) is 34.3 Å². The van der Waals surface area contributed by atoms with Gasteiger partial charge in [0.15, 0.2) is 11.5 Å². The summed E-state index contributed by atoms with van der Waals surface area (Å²) in [5, 5.41) is 10.7. The van der Waals surface area contributed by atoms with E-state index in [-0.39, 0.29) is 5.82 Å². The fraction of sp³-hybridized carbons (Fsp3) is 0.286. The van der Waals surface area contributed by atoms with Gasteiger partial charge in [0.05, 0.1) is 11.9 Å².